The molecular formula is C10H17F. The predicted molar refractivity (Wildman–Crippen MR) is 46.4 cm³/mol. The largest absolute Gasteiger partial charge is 0.243 e. The fourth-order valence-corrected chi connectivity index (χ4v) is 1.93. The normalized spacial score (nSPS) is 25.9. The minimum atomic E-state index is -0.622. The topological polar surface area (TPSA) is 0 Å². The monoisotopic (exact) mass is 156 g/mol. The van der Waals surface area contributed by atoms with E-state index in [2.05, 4.69) is 13.8 Å². The molecule has 0 aliphatic heterocycles. The van der Waals surface area contributed by atoms with Gasteiger partial charge in [-0.05, 0) is 37.7 Å². The van der Waals surface area contributed by atoms with Crippen molar-refractivity contribution in [2.45, 2.75) is 52.1 Å². The van der Waals surface area contributed by atoms with Crippen LogP contribution in [0.25, 0.3) is 0 Å². The lowest BCUT2D eigenvalue weighted by Gasteiger charge is -2.22. The third-order valence-corrected chi connectivity index (χ3v) is 2.58. The van der Waals surface area contributed by atoms with Gasteiger partial charge >= 0.3 is 0 Å². The van der Waals surface area contributed by atoms with Gasteiger partial charge in [0.05, 0.1) is 0 Å². The van der Waals surface area contributed by atoms with Gasteiger partial charge in [0.1, 0.15) is 6.17 Å². The third-order valence-electron chi connectivity index (χ3n) is 2.58. The van der Waals surface area contributed by atoms with Gasteiger partial charge in [0.2, 0.25) is 0 Å². The molecular weight excluding hydrogens is 139 g/mol. The molecule has 11 heavy (non-hydrogen) atoms. The van der Waals surface area contributed by atoms with E-state index < -0.39 is 6.17 Å². The fraction of sp³-hybridized carbons (Fsp3) is 0.800. The quantitative estimate of drug-likeness (QED) is 0.535. The van der Waals surface area contributed by atoms with E-state index in [1.165, 1.54) is 5.57 Å². The van der Waals surface area contributed by atoms with Crippen LogP contribution in [0.15, 0.2) is 11.1 Å². The van der Waals surface area contributed by atoms with Gasteiger partial charge in [0.15, 0.2) is 0 Å². The Morgan fingerprint density at radius 2 is 2.09 bits per heavy atom. The molecule has 0 radical (unpaired) electrons. The molecule has 1 aliphatic carbocycles. The van der Waals surface area contributed by atoms with Gasteiger partial charge < -0.3 is 0 Å². The first-order chi connectivity index (χ1) is 5.29. The summed E-state index contributed by atoms with van der Waals surface area (Å²) in [6.45, 7) is 4.19. The zero-order valence-electron chi connectivity index (χ0n) is 7.49. The van der Waals surface area contributed by atoms with E-state index in [-0.39, 0.29) is 0 Å². The van der Waals surface area contributed by atoms with Crippen LogP contribution >= 0.6 is 0 Å². The summed E-state index contributed by atoms with van der Waals surface area (Å²) in [6, 6.07) is 0. The summed E-state index contributed by atoms with van der Waals surface area (Å²) in [4.78, 5) is 0. The van der Waals surface area contributed by atoms with Crippen molar-refractivity contribution in [2.24, 2.45) is 0 Å². The molecule has 0 amide bonds. The molecule has 0 bridgehead atoms. The standard InChI is InChI=1S/C10H17F/c1-3-8-6-5-7-10(11)9(8)4-2/h10H,3-7H2,1-2H3/t10-/m0/s1. The van der Waals surface area contributed by atoms with Crippen LogP contribution in [0.3, 0.4) is 0 Å². The lowest BCUT2D eigenvalue weighted by Crippen LogP contribution is -2.12. The van der Waals surface area contributed by atoms with Gasteiger partial charge in [-0.15, -0.1) is 0 Å². The van der Waals surface area contributed by atoms with Crippen LogP contribution < -0.4 is 0 Å². The van der Waals surface area contributed by atoms with Crippen molar-refractivity contribution in [1.82, 2.24) is 0 Å². The molecule has 0 unspecified atom stereocenters. The first kappa shape index (κ1) is 8.76. The Hall–Kier alpha value is -0.330. The summed E-state index contributed by atoms with van der Waals surface area (Å²) in [7, 11) is 0. The Balaban J connectivity index is 2.77. The first-order valence-electron chi connectivity index (χ1n) is 4.64. The molecule has 0 aromatic heterocycles. The highest BCUT2D eigenvalue weighted by Gasteiger charge is 2.19. The molecule has 0 spiro atoms. The van der Waals surface area contributed by atoms with E-state index in [0.29, 0.717) is 0 Å². The second-order valence-corrected chi connectivity index (χ2v) is 3.20. The minimum absolute atomic E-state index is 0.622. The van der Waals surface area contributed by atoms with Crippen LogP contribution in [-0.4, -0.2) is 6.17 Å². The molecule has 1 heteroatoms. The van der Waals surface area contributed by atoms with Crippen LogP contribution in [0.4, 0.5) is 4.39 Å². The minimum Gasteiger partial charge on any atom is -0.243 e. The number of alkyl halides is 1. The molecule has 0 saturated carbocycles. The SMILES string of the molecule is CCC1=C(CC)[C@@H](F)CCC1. The number of hydrogen-bond acceptors (Lipinski definition) is 0. The summed E-state index contributed by atoms with van der Waals surface area (Å²) in [6.07, 6.45) is 4.28. The van der Waals surface area contributed by atoms with Crippen molar-refractivity contribution >= 4 is 0 Å². The molecule has 0 aromatic carbocycles. The lowest BCUT2D eigenvalue weighted by atomic mass is 9.87. The third kappa shape index (κ3) is 1.82. The zero-order chi connectivity index (χ0) is 8.27. The van der Waals surface area contributed by atoms with E-state index in [4.69, 9.17) is 0 Å². The summed E-state index contributed by atoms with van der Waals surface area (Å²) in [5.41, 5.74) is 2.48. The van der Waals surface area contributed by atoms with E-state index in [1.807, 2.05) is 0 Å². The summed E-state index contributed by atoms with van der Waals surface area (Å²) in [5.74, 6) is 0. The zero-order valence-corrected chi connectivity index (χ0v) is 7.49. The predicted octanol–water partition coefficient (Wildman–Crippen LogP) is 3.63. The molecule has 0 N–H and O–H groups in total. The second-order valence-electron chi connectivity index (χ2n) is 3.20. The Morgan fingerprint density at radius 1 is 1.36 bits per heavy atom. The van der Waals surface area contributed by atoms with E-state index >= 15 is 0 Å². The van der Waals surface area contributed by atoms with Crippen LogP contribution in [-0.2, 0) is 0 Å². The molecule has 1 atom stereocenters. The maximum absolute atomic E-state index is 13.2. The highest BCUT2D eigenvalue weighted by atomic mass is 19.1. The lowest BCUT2D eigenvalue weighted by molar-refractivity contribution is 0.329. The summed E-state index contributed by atoms with van der Waals surface area (Å²) in [5, 5.41) is 0. The average molecular weight is 156 g/mol. The molecule has 0 aromatic rings. The number of rotatable bonds is 2. The van der Waals surface area contributed by atoms with Crippen molar-refractivity contribution in [3.05, 3.63) is 11.1 Å². The van der Waals surface area contributed by atoms with Gasteiger partial charge in [-0.1, -0.05) is 19.4 Å². The Kier molecular flexibility index (Phi) is 3.10. The van der Waals surface area contributed by atoms with Gasteiger partial charge in [-0.2, -0.15) is 0 Å². The van der Waals surface area contributed by atoms with Gasteiger partial charge in [0, 0.05) is 0 Å². The van der Waals surface area contributed by atoms with Crippen LogP contribution in [0.1, 0.15) is 46.0 Å². The molecule has 1 aliphatic rings. The van der Waals surface area contributed by atoms with E-state index in [1.54, 1.807) is 0 Å². The van der Waals surface area contributed by atoms with Crippen molar-refractivity contribution in [3.63, 3.8) is 0 Å². The van der Waals surface area contributed by atoms with Crippen molar-refractivity contribution in [3.8, 4) is 0 Å². The Morgan fingerprint density at radius 3 is 2.55 bits per heavy atom. The number of halogens is 1. The van der Waals surface area contributed by atoms with Crippen LogP contribution in [0.5, 0.6) is 0 Å². The molecule has 64 valence electrons. The average Bonchev–Trinajstić information content (AvgIpc) is 2.04. The maximum atomic E-state index is 13.2. The Labute approximate surface area is 68.5 Å². The molecule has 0 nitrogen and oxygen atoms in total. The molecule has 0 heterocycles. The van der Waals surface area contributed by atoms with Crippen LogP contribution in [0, 0.1) is 0 Å². The number of hydrogen-bond donors (Lipinski definition) is 0. The maximum Gasteiger partial charge on any atom is 0.121 e. The Bertz CT molecular complexity index is 158. The molecule has 1 rings (SSSR count). The van der Waals surface area contributed by atoms with Gasteiger partial charge in [0.25, 0.3) is 0 Å². The first-order valence-corrected chi connectivity index (χ1v) is 4.64. The highest BCUT2D eigenvalue weighted by molar-refractivity contribution is 5.20. The van der Waals surface area contributed by atoms with Crippen molar-refractivity contribution in [2.75, 3.05) is 0 Å². The smallest absolute Gasteiger partial charge is 0.121 e. The van der Waals surface area contributed by atoms with E-state index in [9.17, 15) is 4.39 Å². The van der Waals surface area contributed by atoms with Gasteiger partial charge in [-0.3, -0.25) is 0 Å². The molecule has 0 saturated heterocycles. The summed E-state index contributed by atoms with van der Waals surface area (Å²) >= 11 is 0. The van der Waals surface area contributed by atoms with E-state index in [0.717, 1.165) is 37.7 Å². The second kappa shape index (κ2) is 3.89. The summed E-state index contributed by atoms with van der Waals surface area (Å²) < 4.78 is 13.2. The van der Waals surface area contributed by atoms with Gasteiger partial charge in [-0.25, -0.2) is 4.39 Å². The number of allylic oxidation sites excluding steroid dienone is 2. The fourth-order valence-electron chi connectivity index (χ4n) is 1.93. The highest BCUT2D eigenvalue weighted by Crippen LogP contribution is 2.30. The van der Waals surface area contributed by atoms with Crippen molar-refractivity contribution in [1.29, 1.82) is 0 Å². The van der Waals surface area contributed by atoms with Crippen LogP contribution in [0.2, 0.25) is 0 Å². The van der Waals surface area contributed by atoms with Crippen molar-refractivity contribution < 1.29 is 4.39 Å². The molecule has 0 fully saturated rings.